The van der Waals surface area contributed by atoms with Gasteiger partial charge in [-0.3, -0.25) is 20.4 Å². The molecule has 0 atom stereocenters. The molecule has 24 heavy (non-hydrogen) atoms. The number of rotatable bonds is 6. The van der Waals surface area contributed by atoms with Crippen molar-refractivity contribution in [1.29, 1.82) is 0 Å². The summed E-state index contributed by atoms with van der Waals surface area (Å²) in [6, 6.07) is 6.20. The topological polar surface area (TPSA) is 84.2 Å². The van der Waals surface area contributed by atoms with Crippen molar-refractivity contribution in [1.82, 2.24) is 16.0 Å². The van der Waals surface area contributed by atoms with Crippen LogP contribution in [0.5, 0.6) is 0 Å². The normalized spacial score (nSPS) is 10.5. The number of amides is 2. The van der Waals surface area contributed by atoms with Crippen LogP contribution >= 0.6 is 11.8 Å². The van der Waals surface area contributed by atoms with Crippen molar-refractivity contribution in [2.45, 2.75) is 31.6 Å². The Hall–Kier alpha value is -2.35. The summed E-state index contributed by atoms with van der Waals surface area (Å²) in [6.07, 6.45) is 0.677. The number of hydrazine groups is 1. The molecule has 0 fully saturated rings. The zero-order chi connectivity index (χ0) is 17.5. The lowest BCUT2D eigenvalue weighted by Crippen LogP contribution is -2.42. The van der Waals surface area contributed by atoms with Crippen molar-refractivity contribution in [2.24, 2.45) is 0 Å². The molecule has 0 saturated carbocycles. The molecule has 2 amide bonds. The van der Waals surface area contributed by atoms with Gasteiger partial charge in [-0.05, 0) is 32.4 Å². The maximum absolute atomic E-state index is 13.4. The van der Waals surface area contributed by atoms with Gasteiger partial charge in [-0.2, -0.15) is 0 Å². The standard InChI is InChI=1S/C16H18FN3O3S/c1-10-12(11(2)23-20-10)7-8-15(21)18-19-16(22)9-24-14-6-4-3-5-13(14)17/h3-6H,7-9H2,1-2H3,(H,18,21)(H,19,22). The van der Waals surface area contributed by atoms with Crippen LogP contribution in [0, 0.1) is 19.7 Å². The van der Waals surface area contributed by atoms with Crippen molar-refractivity contribution >= 4 is 23.6 Å². The fraction of sp³-hybridized carbons (Fsp3) is 0.312. The van der Waals surface area contributed by atoms with Crippen molar-refractivity contribution in [3.05, 3.63) is 47.1 Å². The molecular weight excluding hydrogens is 333 g/mol. The van der Waals surface area contributed by atoms with Gasteiger partial charge in [0.15, 0.2) is 0 Å². The third kappa shape index (κ3) is 5.09. The highest BCUT2D eigenvalue weighted by molar-refractivity contribution is 8.00. The largest absolute Gasteiger partial charge is 0.361 e. The number of hydrogen-bond donors (Lipinski definition) is 2. The highest BCUT2D eigenvalue weighted by atomic mass is 32.2. The first-order chi connectivity index (χ1) is 11.5. The highest BCUT2D eigenvalue weighted by Gasteiger charge is 2.12. The number of carbonyl (C=O) groups excluding carboxylic acids is 2. The molecule has 1 aromatic carbocycles. The molecule has 128 valence electrons. The van der Waals surface area contributed by atoms with Gasteiger partial charge in [0.1, 0.15) is 11.6 Å². The number of thioether (sulfide) groups is 1. The number of halogens is 1. The zero-order valence-electron chi connectivity index (χ0n) is 13.4. The summed E-state index contributed by atoms with van der Waals surface area (Å²) in [4.78, 5) is 23.8. The van der Waals surface area contributed by atoms with Gasteiger partial charge in [-0.15, -0.1) is 11.8 Å². The van der Waals surface area contributed by atoms with Crippen molar-refractivity contribution < 1.29 is 18.5 Å². The SMILES string of the molecule is Cc1noc(C)c1CCC(=O)NNC(=O)CSc1ccccc1F. The Balaban J connectivity index is 1.70. The Morgan fingerprint density at radius 1 is 1.21 bits per heavy atom. The Labute approximate surface area is 143 Å². The Bertz CT molecular complexity index is 714. The maximum Gasteiger partial charge on any atom is 0.248 e. The van der Waals surface area contributed by atoms with Crippen molar-refractivity contribution in [3.8, 4) is 0 Å². The predicted octanol–water partition coefficient (Wildman–Crippen LogP) is 2.30. The first-order valence-electron chi connectivity index (χ1n) is 7.34. The summed E-state index contributed by atoms with van der Waals surface area (Å²) in [6.45, 7) is 3.60. The van der Waals surface area contributed by atoms with Gasteiger partial charge in [0.2, 0.25) is 11.8 Å². The van der Waals surface area contributed by atoms with E-state index in [4.69, 9.17) is 4.52 Å². The average Bonchev–Trinajstić information content (AvgIpc) is 2.88. The smallest absolute Gasteiger partial charge is 0.248 e. The molecule has 0 saturated heterocycles. The minimum atomic E-state index is -0.408. The molecule has 1 heterocycles. The van der Waals surface area contributed by atoms with Gasteiger partial charge < -0.3 is 4.52 Å². The molecule has 0 bridgehead atoms. The molecule has 2 rings (SSSR count). The summed E-state index contributed by atoms with van der Waals surface area (Å²) in [5.74, 6) is -0.414. The van der Waals surface area contributed by atoms with Crippen LogP contribution in [-0.2, 0) is 16.0 Å². The van der Waals surface area contributed by atoms with E-state index < -0.39 is 5.91 Å². The summed E-state index contributed by atoms with van der Waals surface area (Å²) >= 11 is 1.06. The zero-order valence-corrected chi connectivity index (χ0v) is 14.2. The van der Waals surface area contributed by atoms with Gasteiger partial charge in [-0.1, -0.05) is 17.3 Å². The van der Waals surface area contributed by atoms with E-state index >= 15 is 0 Å². The molecule has 0 aliphatic rings. The van der Waals surface area contributed by atoms with Crippen LogP contribution in [0.3, 0.4) is 0 Å². The molecule has 2 N–H and O–H groups in total. The Morgan fingerprint density at radius 3 is 2.58 bits per heavy atom. The van der Waals surface area contributed by atoms with E-state index in [1.54, 1.807) is 25.1 Å². The lowest BCUT2D eigenvalue weighted by atomic mass is 10.1. The second-order valence-corrected chi connectivity index (χ2v) is 6.14. The molecule has 8 heteroatoms. The Morgan fingerprint density at radius 2 is 1.92 bits per heavy atom. The van der Waals surface area contributed by atoms with E-state index in [0.717, 1.165) is 23.0 Å². The highest BCUT2D eigenvalue weighted by Crippen LogP contribution is 2.20. The van der Waals surface area contributed by atoms with Crippen LogP contribution in [0.1, 0.15) is 23.4 Å². The lowest BCUT2D eigenvalue weighted by Gasteiger charge is -2.07. The van der Waals surface area contributed by atoms with Crippen molar-refractivity contribution in [2.75, 3.05) is 5.75 Å². The van der Waals surface area contributed by atoms with Crippen LogP contribution in [0.15, 0.2) is 33.7 Å². The summed E-state index contributed by atoms with van der Waals surface area (Å²) in [5, 5.41) is 3.82. The third-order valence-corrected chi connectivity index (χ3v) is 4.37. The lowest BCUT2D eigenvalue weighted by molar-refractivity contribution is -0.127. The summed E-state index contributed by atoms with van der Waals surface area (Å²) in [7, 11) is 0. The molecule has 0 unspecified atom stereocenters. The van der Waals surface area contributed by atoms with E-state index in [-0.39, 0.29) is 23.9 Å². The molecule has 0 spiro atoms. The number of nitrogens with zero attached hydrogens (tertiary/aromatic N) is 1. The van der Waals surface area contributed by atoms with Crippen molar-refractivity contribution in [3.63, 3.8) is 0 Å². The van der Waals surface area contributed by atoms with E-state index in [1.807, 2.05) is 6.92 Å². The first kappa shape index (κ1) is 18.0. The molecule has 0 aliphatic heterocycles. The van der Waals surface area contributed by atoms with E-state index in [2.05, 4.69) is 16.0 Å². The second-order valence-electron chi connectivity index (χ2n) is 5.12. The minimum Gasteiger partial charge on any atom is -0.361 e. The molecule has 2 aromatic rings. The van der Waals surface area contributed by atoms with E-state index in [0.29, 0.717) is 17.1 Å². The molecule has 6 nitrogen and oxygen atoms in total. The van der Waals surface area contributed by atoms with Gasteiger partial charge >= 0.3 is 0 Å². The quantitative estimate of drug-likeness (QED) is 0.616. The molecular formula is C16H18FN3O3S. The van der Waals surface area contributed by atoms with Crippen LogP contribution in [0.4, 0.5) is 4.39 Å². The van der Waals surface area contributed by atoms with E-state index in [9.17, 15) is 14.0 Å². The van der Waals surface area contributed by atoms with E-state index in [1.165, 1.54) is 6.07 Å². The predicted molar refractivity (Wildman–Crippen MR) is 87.7 cm³/mol. The maximum atomic E-state index is 13.4. The van der Waals surface area contributed by atoms with Crippen LogP contribution in [-0.4, -0.2) is 22.7 Å². The second kappa shape index (κ2) is 8.49. The summed E-state index contributed by atoms with van der Waals surface area (Å²) < 4.78 is 18.4. The van der Waals surface area contributed by atoms with Gasteiger partial charge in [0.05, 0.1) is 11.4 Å². The third-order valence-electron chi connectivity index (χ3n) is 3.32. The number of nitrogens with one attached hydrogen (secondary N) is 2. The summed E-state index contributed by atoms with van der Waals surface area (Å²) in [5.41, 5.74) is 6.30. The number of aryl methyl sites for hydroxylation is 2. The van der Waals surface area contributed by atoms with Crippen LogP contribution in [0.25, 0.3) is 0 Å². The van der Waals surface area contributed by atoms with Crippen LogP contribution in [0.2, 0.25) is 0 Å². The van der Waals surface area contributed by atoms with Gasteiger partial charge in [0, 0.05) is 16.9 Å². The van der Waals surface area contributed by atoms with Crippen LogP contribution < -0.4 is 10.9 Å². The number of benzene rings is 1. The monoisotopic (exact) mass is 351 g/mol. The molecule has 1 aromatic heterocycles. The van der Waals surface area contributed by atoms with Gasteiger partial charge in [0.25, 0.3) is 0 Å². The number of carbonyl (C=O) groups is 2. The number of aromatic nitrogens is 1. The molecule has 0 aliphatic carbocycles. The fourth-order valence-electron chi connectivity index (χ4n) is 2.04. The number of hydrogen-bond acceptors (Lipinski definition) is 5. The Kier molecular flexibility index (Phi) is 6.36. The minimum absolute atomic E-state index is 0.00504. The molecule has 0 radical (unpaired) electrons. The first-order valence-corrected chi connectivity index (χ1v) is 8.32. The average molecular weight is 351 g/mol. The van der Waals surface area contributed by atoms with Gasteiger partial charge in [-0.25, -0.2) is 4.39 Å². The fourth-order valence-corrected chi connectivity index (χ4v) is 2.78.